The van der Waals surface area contributed by atoms with Gasteiger partial charge in [0.05, 0.1) is 25.4 Å². The number of carbonyl (C=O) groups is 1. The standard InChI is InChI=1S/C24H48O6Si2/c1-19(15-21(25)26-7)20(29-32(11,12)22(2,3)4)16-24(23(5,6)30-24)17-28-18-27-13-14-31(8,9)10/h15,20H,13-14,16-18H2,1-12H3/b19-15+/t20-,24+/m0/s1. The minimum absolute atomic E-state index is 0.0462. The first-order valence-corrected chi connectivity index (χ1v) is 18.3. The molecule has 0 N–H and O–H groups in total. The fourth-order valence-electron chi connectivity index (χ4n) is 3.18. The predicted molar refractivity (Wildman–Crippen MR) is 135 cm³/mol. The quantitative estimate of drug-likeness (QED) is 0.0819. The van der Waals surface area contributed by atoms with Crippen LogP contribution in [0.2, 0.25) is 43.8 Å². The second-order valence-corrected chi connectivity index (χ2v) is 22.7. The molecule has 0 aliphatic carbocycles. The van der Waals surface area contributed by atoms with Gasteiger partial charge in [0, 0.05) is 27.2 Å². The summed E-state index contributed by atoms with van der Waals surface area (Å²) < 4.78 is 29.4. The molecule has 0 unspecified atom stereocenters. The van der Waals surface area contributed by atoms with Crippen molar-refractivity contribution in [2.45, 2.75) is 109 Å². The summed E-state index contributed by atoms with van der Waals surface area (Å²) in [6, 6.07) is 1.11. The van der Waals surface area contributed by atoms with Crippen LogP contribution in [0.4, 0.5) is 0 Å². The summed E-state index contributed by atoms with van der Waals surface area (Å²) in [6.45, 7) is 25.6. The average Bonchev–Trinajstić information content (AvgIpc) is 3.15. The highest BCUT2D eigenvalue weighted by molar-refractivity contribution is 6.76. The monoisotopic (exact) mass is 488 g/mol. The number of rotatable bonds is 13. The van der Waals surface area contributed by atoms with Crippen molar-refractivity contribution < 1.29 is 28.2 Å². The summed E-state index contributed by atoms with van der Waals surface area (Å²) in [5.74, 6) is -0.372. The fourth-order valence-corrected chi connectivity index (χ4v) is 5.27. The summed E-state index contributed by atoms with van der Waals surface area (Å²) in [5, 5.41) is 0.0462. The van der Waals surface area contributed by atoms with Gasteiger partial charge in [-0.2, -0.15) is 0 Å². The molecule has 32 heavy (non-hydrogen) atoms. The van der Waals surface area contributed by atoms with Crippen LogP contribution in [-0.4, -0.2) is 66.8 Å². The molecule has 1 rings (SSSR count). The van der Waals surface area contributed by atoms with Crippen molar-refractivity contribution in [3.05, 3.63) is 11.6 Å². The molecule has 1 heterocycles. The number of ether oxygens (including phenoxy) is 4. The molecule has 188 valence electrons. The highest BCUT2D eigenvalue weighted by Gasteiger charge is 2.64. The molecule has 0 aromatic carbocycles. The zero-order valence-corrected chi connectivity index (χ0v) is 24.6. The maximum atomic E-state index is 11.9. The number of epoxide rings is 1. The molecule has 0 spiro atoms. The Balaban J connectivity index is 2.91. The Morgan fingerprint density at radius 2 is 1.66 bits per heavy atom. The Hall–Kier alpha value is -0.516. The van der Waals surface area contributed by atoms with Gasteiger partial charge in [0.25, 0.3) is 0 Å². The van der Waals surface area contributed by atoms with Gasteiger partial charge in [-0.3, -0.25) is 0 Å². The first-order chi connectivity index (χ1) is 14.4. The number of hydrogen-bond acceptors (Lipinski definition) is 6. The van der Waals surface area contributed by atoms with Crippen molar-refractivity contribution >= 4 is 22.4 Å². The first-order valence-electron chi connectivity index (χ1n) is 11.7. The zero-order chi connectivity index (χ0) is 25.0. The molecule has 0 radical (unpaired) electrons. The number of esters is 1. The SMILES string of the molecule is COC(=O)/C=C(\C)[C@H](C[C@]1(COCOCC[Si](C)(C)C)OC1(C)C)O[Si](C)(C)C(C)(C)C. The van der Waals surface area contributed by atoms with Crippen LogP contribution in [0.15, 0.2) is 11.6 Å². The van der Waals surface area contributed by atoms with Gasteiger partial charge in [0.1, 0.15) is 12.4 Å². The molecule has 0 aromatic rings. The molecular formula is C24H48O6Si2. The van der Waals surface area contributed by atoms with Gasteiger partial charge in [-0.05, 0) is 50.5 Å². The van der Waals surface area contributed by atoms with E-state index in [4.69, 9.17) is 23.4 Å². The number of hydrogen-bond donors (Lipinski definition) is 0. The minimum Gasteiger partial charge on any atom is -0.466 e. The molecule has 0 bridgehead atoms. The van der Waals surface area contributed by atoms with Gasteiger partial charge in [-0.25, -0.2) is 4.79 Å². The number of carbonyl (C=O) groups excluding carboxylic acids is 1. The van der Waals surface area contributed by atoms with Gasteiger partial charge >= 0.3 is 5.97 Å². The molecule has 1 aliphatic rings. The second kappa shape index (κ2) is 10.8. The lowest BCUT2D eigenvalue weighted by molar-refractivity contribution is -0.134. The van der Waals surface area contributed by atoms with Crippen molar-refractivity contribution in [1.82, 2.24) is 0 Å². The van der Waals surface area contributed by atoms with E-state index in [1.807, 2.05) is 6.92 Å². The van der Waals surface area contributed by atoms with E-state index in [9.17, 15) is 4.79 Å². The van der Waals surface area contributed by atoms with E-state index >= 15 is 0 Å². The van der Waals surface area contributed by atoms with E-state index in [2.05, 4.69) is 67.4 Å². The highest BCUT2D eigenvalue weighted by Crippen LogP contribution is 2.52. The van der Waals surface area contributed by atoms with E-state index < -0.39 is 22.0 Å². The van der Waals surface area contributed by atoms with Gasteiger partial charge in [0.15, 0.2) is 8.32 Å². The van der Waals surface area contributed by atoms with E-state index in [0.29, 0.717) is 13.0 Å². The lowest BCUT2D eigenvalue weighted by Crippen LogP contribution is -2.46. The van der Waals surface area contributed by atoms with Crippen LogP contribution in [0.5, 0.6) is 0 Å². The average molecular weight is 489 g/mol. The maximum Gasteiger partial charge on any atom is 0.330 e. The topological polar surface area (TPSA) is 66.5 Å². The van der Waals surface area contributed by atoms with E-state index in [1.165, 1.54) is 13.2 Å². The molecule has 1 saturated heterocycles. The third-order valence-electron chi connectivity index (χ3n) is 6.82. The van der Waals surface area contributed by atoms with E-state index in [0.717, 1.165) is 18.2 Å². The summed E-state index contributed by atoms with van der Waals surface area (Å²) in [6.07, 6.45) is 1.88. The van der Waals surface area contributed by atoms with Crippen molar-refractivity contribution in [3.8, 4) is 0 Å². The van der Waals surface area contributed by atoms with Crippen LogP contribution < -0.4 is 0 Å². The molecule has 1 aliphatic heterocycles. The van der Waals surface area contributed by atoms with Crippen molar-refractivity contribution in [2.75, 3.05) is 27.1 Å². The van der Waals surface area contributed by atoms with Gasteiger partial charge < -0.3 is 23.4 Å². The predicted octanol–water partition coefficient (Wildman–Crippen LogP) is 5.76. The molecular weight excluding hydrogens is 440 g/mol. The largest absolute Gasteiger partial charge is 0.466 e. The van der Waals surface area contributed by atoms with Crippen LogP contribution in [0.1, 0.15) is 48.0 Å². The third kappa shape index (κ3) is 8.68. The normalized spacial score (nSPS) is 22.6. The van der Waals surface area contributed by atoms with Crippen LogP contribution in [0.25, 0.3) is 0 Å². The van der Waals surface area contributed by atoms with Gasteiger partial charge in [0.2, 0.25) is 0 Å². The maximum absolute atomic E-state index is 11.9. The second-order valence-electron chi connectivity index (χ2n) is 12.3. The fraction of sp³-hybridized carbons (Fsp3) is 0.875. The Morgan fingerprint density at radius 3 is 2.09 bits per heavy atom. The van der Waals surface area contributed by atoms with Crippen LogP contribution in [0.3, 0.4) is 0 Å². The number of methoxy groups -OCH3 is 1. The Kier molecular flexibility index (Phi) is 9.98. The molecule has 1 fully saturated rings. The van der Waals surface area contributed by atoms with E-state index in [1.54, 1.807) is 0 Å². The lowest BCUT2D eigenvalue weighted by atomic mass is 9.89. The zero-order valence-electron chi connectivity index (χ0n) is 22.6. The van der Waals surface area contributed by atoms with Crippen molar-refractivity contribution in [1.29, 1.82) is 0 Å². The summed E-state index contributed by atoms with van der Waals surface area (Å²) >= 11 is 0. The van der Waals surface area contributed by atoms with Gasteiger partial charge in [-0.1, -0.05) is 40.4 Å². The molecule has 0 saturated carbocycles. The Morgan fingerprint density at radius 1 is 1.09 bits per heavy atom. The minimum atomic E-state index is -2.09. The van der Waals surface area contributed by atoms with Crippen LogP contribution in [-0.2, 0) is 28.2 Å². The summed E-state index contributed by atoms with van der Waals surface area (Å²) in [7, 11) is -1.81. The van der Waals surface area contributed by atoms with Crippen LogP contribution >= 0.6 is 0 Å². The van der Waals surface area contributed by atoms with Gasteiger partial charge in [-0.15, -0.1) is 0 Å². The Labute approximate surface area is 198 Å². The molecule has 8 heteroatoms. The first kappa shape index (κ1) is 29.5. The molecule has 2 atom stereocenters. The summed E-state index contributed by atoms with van der Waals surface area (Å²) in [4.78, 5) is 11.9. The van der Waals surface area contributed by atoms with Crippen molar-refractivity contribution in [3.63, 3.8) is 0 Å². The smallest absolute Gasteiger partial charge is 0.330 e. The Bertz CT molecular complexity index is 660. The molecule has 0 aromatic heterocycles. The van der Waals surface area contributed by atoms with Crippen molar-refractivity contribution in [2.24, 2.45) is 0 Å². The third-order valence-corrected chi connectivity index (χ3v) is 13.0. The summed E-state index contributed by atoms with van der Waals surface area (Å²) in [5.41, 5.74) is 0.0398. The molecule has 0 amide bonds. The highest BCUT2D eigenvalue weighted by atomic mass is 28.4. The molecule has 6 nitrogen and oxygen atoms in total. The van der Waals surface area contributed by atoms with E-state index in [-0.39, 0.29) is 29.5 Å². The lowest BCUT2D eigenvalue weighted by Gasteiger charge is -2.40. The van der Waals surface area contributed by atoms with Crippen LogP contribution in [0, 0.1) is 0 Å².